The molecule has 1 aliphatic heterocycles. The number of anilines is 2. The maximum atomic E-state index is 12.4. The highest BCUT2D eigenvalue weighted by Crippen LogP contribution is 2.46. The molecule has 2 aromatic heterocycles. The number of nitrogens with one attached hydrogen (secondary N) is 2. The van der Waals surface area contributed by atoms with Crippen LogP contribution in [0.25, 0.3) is 5.69 Å². The van der Waals surface area contributed by atoms with Crippen LogP contribution in [0.1, 0.15) is 59.7 Å². The summed E-state index contributed by atoms with van der Waals surface area (Å²) in [6.45, 7) is 12.2. The third-order valence-electron chi connectivity index (χ3n) is 7.74. The molecule has 0 aliphatic carbocycles. The van der Waals surface area contributed by atoms with E-state index < -0.39 is 0 Å². The molecule has 2 aromatic carbocycles. The van der Waals surface area contributed by atoms with E-state index in [0.717, 1.165) is 39.7 Å². The molecule has 4 aromatic rings. The molecule has 1 saturated heterocycles. The molecule has 0 saturated carbocycles. The molecule has 2 N–H and O–H groups in total. The fourth-order valence-electron chi connectivity index (χ4n) is 5.59. The number of carbonyl (C=O) groups is 1. The lowest BCUT2D eigenvalue weighted by molar-refractivity contribution is -0.118. The molecule has 5 rings (SSSR count). The van der Waals surface area contributed by atoms with Crippen LogP contribution in [0.4, 0.5) is 11.4 Å². The van der Waals surface area contributed by atoms with Gasteiger partial charge in [-0.2, -0.15) is 0 Å². The Morgan fingerprint density at radius 2 is 1.77 bits per heavy atom. The minimum Gasteiger partial charge on any atom is -0.351 e. The molecule has 2 atom stereocenters. The van der Waals surface area contributed by atoms with Crippen molar-refractivity contribution in [2.45, 2.75) is 53.6 Å². The number of pyridine rings is 1. The first-order chi connectivity index (χ1) is 19.1. The first-order valence-corrected chi connectivity index (χ1v) is 14.2. The van der Waals surface area contributed by atoms with Crippen molar-refractivity contribution in [1.82, 2.24) is 14.9 Å². The first-order valence-electron chi connectivity index (χ1n) is 13.4. The van der Waals surface area contributed by atoms with E-state index in [0.29, 0.717) is 10.1 Å². The Labute approximate surface area is 246 Å². The standard InChI is InChI=1S/C32H34ClN5OS/c1-18(2)31(39)35-26-14-13-25(16-19(26)3)38-30(29(36-32(38)40)27-12-7-8-15-34-27)28-20(4)21(5)37(22(28)6)24-11-9-10-23(33)17-24/h7-18,29-30H,1-6H3,(H,35,39)(H,36,40)/t29-,30-/m1/s1. The molecule has 0 radical (unpaired) electrons. The summed E-state index contributed by atoms with van der Waals surface area (Å²) in [5, 5.41) is 7.94. The Bertz CT molecular complexity index is 1600. The quantitative estimate of drug-likeness (QED) is 0.234. The lowest BCUT2D eigenvalue weighted by Gasteiger charge is -2.29. The van der Waals surface area contributed by atoms with E-state index in [2.05, 4.69) is 53.0 Å². The highest BCUT2D eigenvalue weighted by Gasteiger charge is 2.43. The molecular weight excluding hydrogens is 538 g/mol. The highest BCUT2D eigenvalue weighted by molar-refractivity contribution is 7.80. The first kappa shape index (κ1) is 27.9. The van der Waals surface area contributed by atoms with Crippen LogP contribution in [-0.4, -0.2) is 20.6 Å². The zero-order chi connectivity index (χ0) is 28.7. The van der Waals surface area contributed by atoms with Crippen molar-refractivity contribution in [3.63, 3.8) is 0 Å². The number of hydrogen-bond acceptors (Lipinski definition) is 3. The number of benzene rings is 2. The van der Waals surface area contributed by atoms with E-state index in [9.17, 15) is 4.79 Å². The molecule has 3 heterocycles. The summed E-state index contributed by atoms with van der Waals surface area (Å²) >= 11 is 12.4. The number of hydrogen-bond donors (Lipinski definition) is 2. The van der Waals surface area contributed by atoms with Crippen LogP contribution in [-0.2, 0) is 4.79 Å². The Kier molecular flexibility index (Phi) is 7.71. The van der Waals surface area contributed by atoms with Crippen molar-refractivity contribution in [2.75, 3.05) is 10.2 Å². The van der Waals surface area contributed by atoms with Crippen LogP contribution in [0.2, 0.25) is 5.02 Å². The zero-order valence-electron chi connectivity index (χ0n) is 23.6. The van der Waals surface area contributed by atoms with Crippen molar-refractivity contribution in [1.29, 1.82) is 0 Å². The second kappa shape index (κ2) is 11.1. The average molecular weight is 572 g/mol. The predicted molar refractivity (Wildman–Crippen MR) is 168 cm³/mol. The number of rotatable bonds is 6. The summed E-state index contributed by atoms with van der Waals surface area (Å²) in [5.41, 5.74) is 9.31. The monoisotopic (exact) mass is 571 g/mol. The SMILES string of the molecule is Cc1cc(N2C(=S)N[C@H](c3ccccn3)[C@H]2c2c(C)c(C)n(-c3cccc(Cl)c3)c2C)ccc1NC(=O)C(C)C. The molecule has 8 heteroatoms. The van der Waals surface area contributed by atoms with E-state index in [1.54, 1.807) is 0 Å². The van der Waals surface area contributed by atoms with Gasteiger partial charge in [0.1, 0.15) is 0 Å². The van der Waals surface area contributed by atoms with Crippen LogP contribution in [0.3, 0.4) is 0 Å². The van der Waals surface area contributed by atoms with Gasteiger partial charge in [-0.05, 0) is 99.6 Å². The van der Waals surface area contributed by atoms with Crippen LogP contribution < -0.4 is 15.5 Å². The molecule has 0 unspecified atom stereocenters. The summed E-state index contributed by atoms with van der Waals surface area (Å²) in [6.07, 6.45) is 1.82. The average Bonchev–Trinajstić information content (AvgIpc) is 3.37. The topological polar surface area (TPSA) is 62.2 Å². The molecule has 0 spiro atoms. The Morgan fingerprint density at radius 1 is 1.00 bits per heavy atom. The maximum Gasteiger partial charge on any atom is 0.226 e. The van der Waals surface area contributed by atoms with Gasteiger partial charge in [-0.25, -0.2) is 0 Å². The number of nitrogens with zero attached hydrogens (tertiary/aromatic N) is 3. The lowest BCUT2D eigenvalue weighted by Crippen LogP contribution is -2.30. The highest BCUT2D eigenvalue weighted by atomic mass is 35.5. The van der Waals surface area contributed by atoms with Gasteiger partial charge in [-0.1, -0.05) is 37.6 Å². The molecule has 1 amide bonds. The Morgan fingerprint density at radius 3 is 2.42 bits per heavy atom. The molecule has 1 aliphatic rings. The van der Waals surface area contributed by atoms with Gasteiger partial charge in [0.25, 0.3) is 0 Å². The second-order valence-electron chi connectivity index (χ2n) is 10.7. The summed E-state index contributed by atoms with van der Waals surface area (Å²) in [4.78, 5) is 19.3. The van der Waals surface area contributed by atoms with E-state index in [1.807, 2.05) is 75.5 Å². The molecular formula is C32H34ClN5OS. The molecule has 1 fully saturated rings. The second-order valence-corrected chi connectivity index (χ2v) is 11.5. The van der Waals surface area contributed by atoms with Crippen molar-refractivity contribution < 1.29 is 4.79 Å². The number of carbonyl (C=O) groups excluding carboxylic acids is 1. The van der Waals surface area contributed by atoms with Gasteiger partial charge in [-0.3, -0.25) is 9.78 Å². The van der Waals surface area contributed by atoms with E-state index >= 15 is 0 Å². The smallest absolute Gasteiger partial charge is 0.226 e. The van der Waals surface area contributed by atoms with Crippen molar-refractivity contribution in [3.05, 3.63) is 106 Å². The third-order valence-corrected chi connectivity index (χ3v) is 8.29. The van der Waals surface area contributed by atoms with Crippen LogP contribution in [0.5, 0.6) is 0 Å². The summed E-state index contributed by atoms with van der Waals surface area (Å²) in [5.74, 6) is -0.109. The number of aryl methyl sites for hydroxylation is 1. The summed E-state index contributed by atoms with van der Waals surface area (Å²) in [6, 6.07) is 19.7. The van der Waals surface area contributed by atoms with E-state index in [4.69, 9.17) is 28.8 Å². The third kappa shape index (κ3) is 5.00. The van der Waals surface area contributed by atoms with Crippen LogP contribution in [0, 0.1) is 33.6 Å². The van der Waals surface area contributed by atoms with Crippen LogP contribution >= 0.6 is 23.8 Å². The number of thiocarbonyl (C=S) groups is 1. The van der Waals surface area contributed by atoms with Gasteiger partial charge in [-0.15, -0.1) is 0 Å². The summed E-state index contributed by atoms with van der Waals surface area (Å²) in [7, 11) is 0. The minimum absolute atomic E-state index is 0.00798. The summed E-state index contributed by atoms with van der Waals surface area (Å²) < 4.78 is 2.27. The van der Waals surface area contributed by atoms with E-state index in [-0.39, 0.29) is 23.9 Å². The Balaban J connectivity index is 1.66. The number of amides is 1. The zero-order valence-corrected chi connectivity index (χ0v) is 25.2. The maximum absolute atomic E-state index is 12.4. The molecule has 40 heavy (non-hydrogen) atoms. The molecule has 0 bridgehead atoms. The normalized spacial score (nSPS) is 16.9. The minimum atomic E-state index is -0.165. The van der Waals surface area contributed by atoms with E-state index in [1.165, 1.54) is 11.1 Å². The van der Waals surface area contributed by atoms with Gasteiger partial charge in [0.2, 0.25) is 5.91 Å². The van der Waals surface area contributed by atoms with Gasteiger partial charge >= 0.3 is 0 Å². The number of aromatic nitrogens is 2. The lowest BCUT2D eigenvalue weighted by atomic mass is 9.93. The largest absolute Gasteiger partial charge is 0.351 e. The predicted octanol–water partition coefficient (Wildman–Crippen LogP) is 7.53. The Hall–Kier alpha value is -3.68. The van der Waals surface area contributed by atoms with Crippen molar-refractivity contribution in [3.8, 4) is 5.69 Å². The van der Waals surface area contributed by atoms with Gasteiger partial charge < -0.3 is 20.1 Å². The van der Waals surface area contributed by atoms with Crippen LogP contribution in [0.15, 0.2) is 66.9 Å². The van der Waals surface area contributed by atoms with Crippen molar-refractivity contribution in [2.24, 2.45) is 5.92 Å². The van der Waals surface area contributed by atoms with Crippen molar-refractivity contribution >= 4 is 46.2 Å². The fourth-order valence-corrected chi connectivity index (χ4v) is 6.12. The van der Waals surface area contributed by atoms with Gasteiger partial charge in [0, 0.05) is 51.2 Å². The molecule has 6 nitrogen and oxygen atoms in total. The molecule has 206 valence electrons. The van der Waals surface area contributed by atoms with Gasteiger partial charge in [0.05, 0.1) is 17.8 Å². The fraction of sp³-hybridized carbons (Fsp3) is 0.281. The van der Waals surface area contributed by atoms with Gasteiger partial charge in [0.15, 0.2) is 5.11 Å². The number of halogens is 1.